The third kappa shape index (κ3) is 2.96. The molecule has 20 heavy (non-hydrogen) atoms. The molecule has 1 heterocycles. The first-order chi connectivity index (χ1) is 9.58. The number of ether oxygens (including phenoxy) is 2. The van der Waals surface area contributed by atoms with Crippen LogP contribution in [0.4, 0.5) is 0 Å². The molecule has 1 saturated carbocycles. The van der Waals surface area contributed by atoms with Crippen LogP contribution in [0.3, 0.4) is 0 Å². The van der Waals surface area contributed by atoms with Gasteiger partial charge in [-0.25, -0.2) is 4.79 Å². The first-order valence-electron chi connectivity index (χ1n) is 6.61. The van der Waals surface area contributed by atoms with Crippen molar-refractivity contribution < 1.29 is 14.3 Å². The van der Waals surface area contributed by atoms with Crippen LogP contribution < -0.4 is 5.56 Å². The Morgan fingerprint density at radius 1 is 1.35 bits per heavy atom. The first-order valence-corrected chi connectivity index (χ1v) is 7.40. The van der Waals surface area contributed by atoms with Gasteiger partial charge >= 0.3 is 5.97 Å². The average Bonchev–Trinajstić information content (AvgIpc) is 2.49. The Morgan fingerprint density at radius 3 is 2.70 bits per heavy atom. The van der Waals surface area contributed by atoms with Gasteiger partial charge in [0.1, 0.15) is 0 Å². The van der Waals surface area contributed by atoms with Gasteiger partial charge in [-0.2, -0.15) is 0 Å². The van der Waals surface area contributed by atoms with Crippen LogP contribution in [0.25, 0.3) is 0 Å². The number of rotatable bonds is 3. The highest BCUT2D eigenvalue weighted by atomic mass is 79.9. The van der Waals surface area contributed by atoms with E-state index in [1.165, 1.54) is 13.2 Å². The van der Waals surface area contributed by atoms with Crippen molar-refractivity contribution in [3.8, 4) is 0 Å². The molecule has 2 unspecified atom stereocenters. The summed E-state index contributed by atoms with van der Waals surface area (Å²) in [7, 11) is 2.98. The number of carbonyl (C=O) groups is 1. The topological polar surface area (TPSA) is 57.5 Å². The number of esters is 1. The number of hydrogen-bond acceptors (Lipinski definition) is 4. The molecule has 0 radical (unpaired) electrons. The van der Waals surface area contributed by atoms with Crippen molar-refractivity contribution >= 4 is 21.9 Å². The van der Waals surface area contributed by atoms with Gasteiger partial charge in [0, 0.05) is 13.3 Å². The summed E-state index contributed by atoms with van der Waals surface area (Å²) in [6, 6.07) is 1.46. The monoisotopic (exact) mass is 343 g/mol. The molecule has 0 bridgehead atoms. The van der Waals surface area contributed by atoms with Gasteiger partial charge in [-0.1, -0.05) is 12.8 Å². The lowest BCUT2D eigenvalue weighted by atomic mass is 9.92. The normalized spacial score (nSPS) is 22.6. The van der Waals surface area contributed by atoms with Crippen LogP contribution in [0.15, 0.2) is 21.5 Å². The van der Waals surface area contributed by atoms with Gasteiger partial charge in [0.2, 0.25) is 0 Å². The summed E-state index contributed by atoms with van der Waals surface area (Å²) in [6.07, 6.45) is 5.52. The van der Waals surface area contributed by atoms with E-state index in [1.54, 1.807) is 17.9 Å². The third-order valence-electron chi connectivity index (χ3n) is 3.75. The lowest BCUT2D eigenvalue weighted by Crippen LogP contribution is -2.36. The highest BCUT2D eigenvalue weighted by Gasteiger charge is 2.28. The average molecular weight is 344 g/mol. The zero-order chi connectivity index (χ0) is 14.7. The van der Waals surface area contributed by atoms with Gasteiger partial charge in [-0.05, 0) is 34.8 Å². The van der Waals surface area contributed by atoms with Crippen LogP contribution in [0.5, 0.6) is 0 Å². The van der Waals surface area contributed by atoms with Crippen molar-refractivity contribution in [3.05, 3.63) is 32.7 Å². The number of carbonyl (C=O) groups excluding carboxylic acids is 1. The molecule has 2 rings (SSSR count). The Balaban J connectivity index is 2.46. The number of pyridine rings is 1. The van der Waals surface area contributed by atoms with E-state index in [9.17, 15) is 9.59 Å². The van der Waals surface area contributed by atoms with Gasteiger partial charge in [0.25, 0.3) is 5.56 Å². The maximum absolute atomic E-state index is 12.3. The fourth-order valence-corrected chi connectivity index (χ4v) is 3.16. The van der Waals surface area contributed by atoms with E-state index in [1.807, 2.05) is 0 Å². The Labute approximate surface area is 126 Å². The van der Waals surface area contributed by atoms with Crippen LogP contribution in [-0.2, 0) is 9.47 Å². The summed E-state index contributed by atoms with van der Waals surface area (Å²) >= 11 is 3.22. The lowest BCUT2D eigenvalue weighted by Gasteiger charge is -2.32. The minimum absolute atomic E-state index is 0.00115. The van der Waals surface area contributed by atoms with Gasteiger partial charge < -0.3 is 14.0 Å². The number of methoxy groups -OCH3 is 2. The second-order valence-electron chi connectivity index (χ2n) is 4.91. The van der Waals surface area contributed by atoms with Crippen LogP contribution in [0, 0.1) is 0 Å². The first kappa shape index (κ1) is 15.3. The molecule has 0 aromatic carbocycles. The standard InChI is InChI=1S/C14H18BrNO4/c1-19-12-6-4-3-5-11(12)16-8-9(14(18)20-2)7-10(15)13(16)17/h7-8,11-12H,3-6H2,1-2H3. The van der Waals surface area contributed by atoms with Crippen molar-refractivity contribution in [2.75, 3.05) is 14.2 Å². The summed E-state index contributed by atoms with van der Waals surface area (Å²) in [5, 5.41) is 0. The zero-order valence-corrected chi connectivity index (χ0v) is 13.2. The van der Waals surface area contributed by atoms with Crippen LogP contribution in [0.1, 0.15) is 42.1 Å². The quantitative estimate of drug-likeness (QED) is 0.791. The Hall–Kier alpha value is -1.14. The van der Waals surface area contributed by atoms with E-state index in [-0.39, 0.29) is 17.7 Å². The molecule has 6 heteroatoms. The van der Waals surface area contributed by atoms with E-state index in [4.69, 9.17) is 9.47 Å². The van der Waals surface area contributed by atoms with Crippen molar-refractivity contribution in [2.45, 2.75) is 37.8 Å². The van der Waals surface area contributed by atoms with Crippen molar-refractivity contribution in [1.82, 2.24) is 4.57 Å². The van der Waals surface area contributed by atoms with Gasteiger partial charge in [-0.15, -0.1) is 0 Å². The second kappa shape index (κ2) is 6.54. The third-order valence-corrected chi connectivity index (χ3v) is 4.32. The molecule has 110 valence electrons. The van der Waals surface area contributed by atoms with E-state index >= 15 is 0 Å². The molecule has 0 saturated heterocycles. The number of nitrogens with zero attached hydrogens (tertiary/aromatic N) is 1. The van der Waals surface area contributed by atoms with Gasteiger partial charge in [-0.3, -0.25) is 4.79 Å². The number of halogens is 1. The Kier molecular flexibility index (Phi) is 4.99. The van der Waals surface area contributed by atoms with Gasteiger partial charge in [0.05, 0.1) is 29.3 Å². The summed E-state index contributed by atoms with van der Waals surface area (Å²) in [6.45, 7) is 0. The highest BCUT2D eigenvalue weighted by Crippen LogP contribution is 2.30. The smallest absolute Gasteiger partial charge is 0.339 e. The second-order valence-corrected chi connectivity index (χ2v) is 5.76. The molecule has 2 atom stereocenters. The molecule has 0 amide bonds. The molecular weight excluding hydrogens is 326 g/mol. The molecule has 1 fully saturated rings. The molecule has 5 nitrogen and oxygen atoms in total. The summed E-state index contributed by atoms with van der Waals surface area (Å²) in [4.78, 5) is 24.0. The SMILES string of the molecule is COC(=O)c1cc(Br)c(=O)n(C2CCCCC2OC)c1. The number of aromatic nitrogens is 1. The van der Waals surface area contributed by atoms with E-state index in [0.717, 1.165) is 25.7 Å². The largest absolute Gasteiger partial charge is 0.465 e. The molecule has 0 aliphatic heterocycles. The maximum Gasteiger partial charge on any atom is 0.339 e. The lowest BCUT2D eigenvalue weighted by molar-refractivity contribution is 0.0274. The number of hydrogen-bond donors (Lipinski definition) is 0. The van der Waals surface area contributed by atoms with Crippen LogP contribution >= 0.6 is 15.9 Å². The maximum atomic E-state index is 12.3. The van der Waals surface area contributed by atoms with Crippen molar-refractivity contribution in [3.63, 3.8) is 0 Å². The van der Waals surface area contributed by atoms with E-state index in [0.29, 0.717) is 10.0 Å². The minimum atomic E-state index is -0.454. The van der Waals surface area contributed by atoms with E-state index < -0.39 is 5.97 Å². The predicted molar refractivity (Wildman–Crippen MR) is 78.0 cm³/mol. The van der Waals surface area contributed by atoms with Crippen LogP contribution in [0.2, 0.25) is 0 Å². The minimum Gasteiger partial charge on any atom is -0.465 e. The molecule has 1 aliphatic carbocycles. The Bertz CT molecular complexity index is 555. The Morgan fingerprint density at radius 2 is 2.05 bits per heavy atom. The van der Waals surface area contributed by atoms with Crippen molar-refractivity contribution in [2.24, 2.45) is 0 Å². The van der Waals surface area contributed by atoms with E-state index in [2.05, 4.69) is 15.9 Å². The molecule has 0 N–H and O–H groups in total. The summed E-state index contributed by atoms with van der Waals surface area (Å²) in [5.41, 5.74) is 0.214. The summed E-state index contributed by atoms with van der Waals surface area (Å²) in [5.74, 6) is -0.454. The van der Waals surface area contributed by atoms with Crippen molar-refractivity contribution in [1.29, 1.82) is 0 Å². The van der Waals surface area contributed by atoms with Gasteiger partial charge in [0.15, 0.2) is 0 Å². The fourth-order valence-electron chi connectivity index (χ4n) is 2.71. The molecular formula is C14H18BrNO4. The summed E-state index contributed by atoms with van der Waals surface area (Å²) < 4.78 is 12.2. The van der Waals surface area contributed by atoms with Crippen LogP contribution in [-0.4, -0.2) is 30.9 Å². The molecule has 0 spiro atoms. The zero-order valence-electron chi connectivity index (χ0n) is 11.6. The molecule has 1 aliphatic rings. The fraction of sp³-hybridized carbons (Fsp3) is 0.571. The molecule has 1 aromatic rings. The predicted octanol–water partition coefficient (Wildman–Crippen LogP) is 2.53. The molecule has 1 aromatic heterocycles. The highest BCUT2D eigenvalue weighted by molar-refractivity contribution is 9.10.